The van der Waals surface area contributed by atoms with Crippen LogP contribution in [0.3, 0.4) is 0 Å². The Hall–Kier alpha value is -1.06. The molecule has 3 unspecified atom stereocenters. The summed E-state index contributed by atoms with van der Waals surface area (Å²) in [5, 5.41) is 0. The van der Waals surface area contributed by atoms with Gasteiger partial charge in [0.2, 0.25) is 0 Å². The molecule has 0 aromatic heterocycles. The van der Waals surface area contributed by atoms with Crippen molar-refractivity contribution in [1.82, 2.24) is 0 Å². The van der Waals surface area contributed by atoms with Crippen molar-refractivity contribution in [1.29, 1.82) is 0 Å². The molecule has 0 amide bonds. The smallest absolute Gasteiger partial charge is 0.309 e. The van der Waals surface area contributed by atoms with Gasteiger partial charge in [-0.2, -0.15) is 0 Å². The van der Waals surface area contributed by atoms with Crippen molar-refractivity contribution >= 4 is 11.9 Å². The van der Waals surface area contributed by atoms with Crippen LogP contribution in [0.25, 0.3) is 0 Å². The lowest BCUT2D eigenvalue weighted by atomic mass is 9.79. The molecule has 1 saturated carbocycles. The molecule has 4 heteroatoms. The van der Waals surface area contributed by atoms with Crippen LogP contribution < -0.4 is 0 Å². The van der Waals surface area contributed by atoms with Gasteiger partial charge in [0, 0.05) is 0 Å². The monoisotopic (exact) mass is 424 g/mol. The van der Waals surface area contributed by atoms with Crippen LogP contribution in [0.5, 0.6) is 0 Å². The maximum atomic E-state index is 12.6. The molecular formula is C26H48O4. The van der Waals surface area contributed by atoms with Crippen molar-refractivity contribution in [2.24, 2.45) is 17.8 Å². The van der Waals surface area contributed by atoms with Gasteiger partial charge in [0.05, 0.1) is 25.0 Å². The summed E-state index contributed by atoms with van der Waals surface area (Å²) in [7, 11) is 0. The largest absolute Gasteiger partial charge is 0.465 e. The Morgan fingerprint density at radius 2 is 1.20 bits per heavy atom. The minimum absolute atomic E-state index is 0.185. The van der Waals surface area contributed by atoms with E-state index in [9.17, 15) is 9.59 Å². The molecule has 0 radical (unpaired) electrons. The predicted molar refractivity (Wildman–Crippen MR) is 123 cm³/mol. The van der Waals surface area contributed by atoms with Gasteiger partial charge in [0.1, 0.15) is 0 Å². The molecule has 4 nitrogen and oxygen atoms in total. The van der Waals surface area contributed by atoms with E-state index in [4.69, 9.17) is 9.47 Å². The molecule has 0 N–H and O–H groups in total. The minimum atomic E-state index is -0.310. The van der Waals surface area contributed by atoms with E-state index >= 15 is 0 Å². The summed E-state index contributed by atoms with van der Waals surface area (Å²) in [5.41, 5.74) is 0. The van der Waals surface area contributed by atoms with Crippen LogP contribution in [0.2, 0.25) is 0 Å². The topological polar surface area (TPSA) is 52.6 Å². The van der Waals surface area contributed by atoms with Gasteiger partial charge < -0.3 is 9.47 Å². The highest BCUT2D eigenvalue weighted by Crippen LogP contribution is 2.32. The van der Waals surface area contributed by atoms with E-state index in [1.807, 2.05) is 0 Å². The number of carbonyl (C=O) groups excluding carboxylic acids is 2. The Labute approximate surface area is 185 Å². The summed E-state index contributed by atoms with van der Waals surface area (Å²) in [6.07, 6.45) is 17.8. The van der Waals surface area contributed by atoms with Gasteiger partial charge in [-0.1, -0.05) is 97.8 Å². The average Bonchev–Trinajstić information content (AvgIpc) is 2.75. The van der Waals surface area contributed by atoms with E-state index in [2.05, 4.69) is 20.8 Å². The standard InChI is InChI=1S/C26H48O4/c1-4-6-8-9-10-11-15-20-29-25(27)23-17-13-14-18-24(23)26(28)30-21-19-22(3)16-12-7-5-2/h22-24H,4-21H2,1-3H3. The van der Waals surface area contributed by atoms with Crippen molar-refractivity contribution in [2.75, 3.05) is 13.2 Å². The Morgan fingerprint density at radius 3 is 1.80 bits per heavy atom. The van der Waals surface area contributed by atoms with Crippen LogP contribution in [0, 0.1) is 17.8 Å². The molecule has 0 spiro atoms. The van der Waals surface area contributed by atoms with Gasteiger partial charge >= 0.3 is 11.9 Å². The Balaban J connectivity index is 2.26. The molecule has 1 aliphatic carbocycles. The van der Waals surface area contributed by atoms with Crippen LogP contribution in [0.4, 0.5) is 0 Å². The van der Waals surface area contributed by atoms with Crippen LogP contribution in [-0.2, 0) is 19.1 Å². The number of carbonyl (C=O) groups is 2. The summed E-state index contributed by atoms with van der Waals surface area (Å²) < 4.78 is 11.1. The summed E-state index contributed by atoms with van der Waals surface area (Å²) >= 11 is 0. The Morgan fingerprint density at radius 1 is 0.700 bits per heavy atom. The quantitative estimate of drug-likeness (QED) is 0.182. The third kappa shape index (κ3) is 12.0. The van der Waals surface area contributed by atoms with E-state index in [0.29, 0.717) is 19.1 Å². The van der Waals surface area contributed by atoms with Gasteiger partial charge in [-0.05, 0) is 31.6 Å². The van der Waals surface area contributed by atoms with Crippen LogP contribution in [-0.4, -0.2) is 25.2 Å². The van der Waals surface area contributed by atoms with E-state index in [1.54, 1.807) is 0 Å². The van der Waals surface area contributed by atoms with Gasteiger partial charge in [-0.15, -0.1) is 0 Å². The lowest BCUT2D eigenvalue weighted by molar-refractivity contribution is -0.163. The zero-order chi connectivity index (χ0) is 22.0. The van der Waals surface area contributed by atoms with Gasteiger partial charge in [0.15, 0.2) is 0 Å². The molecule has 3 atom stereocenters. The molecule has 0 bridgehead atoms. The first-order valence-corrected chi connectivity index (χ1v) is 12.9. The minimum Gasteiger partial charge on any atom is -0.465 e. The molecule has 0 aromatic rings. The summed E-state index contributed by atoms with van der Waals surface area (Å²) in [6, 6.07) is 0. The molecule has 0 aromatic carbocycles. The molecule has 0 saturated heterocycles. The van der Waals surface area contributed by atoms with Crippen molar-refractivity contribution in [3.05, 3.63) is 0 Å². The average molecular weight is 425 g/mol. The summed E-state index contributed by atoms with van der Waals surface area (Å²) in [6.45, 7) is 7.63. The van der Waals surface area contributed by atoms with Gasteiger partial charge in [0.25, 0.3) is 0 Å². The summed E-state index contributed by atoms with van der Waals surface area (Å²) in [5.74, 6) is -0.407. The highest BCUT2D eigenvalue weighted by molar-refractivity contribution is 5.82. The highest BCUT2D eigenvalue weighted by Gasteiger charge is 2.37. The van der Waals surface area contributed by atoms with E-state index in [1.165, 1.54) is 57.8 Å². The van der Waals surface area contributed by atoms with Crippen LogP contribution in [0.15, 0.2) is 0 Å². The molecule has 176 valence electrons. The molecule has 1 fully saturated rings. The van der Waals surface area contributed by atoms with Gasteiger partial charge in [-0.25, -0.2) is 0 Å². The fourth-order valence-electron chi connectivity index (χ4n) is 4.39. The SMILES string of the molecule is CCCCCCCCCOC(=O)C1CCCCC1C(=O)OCCC(C)CCCCC. The molecule has 30 heavy (non-hydrogen) atoms. The molecule has 1 rings (SSSR count). The first-order valence-electron chi connectivity index (χ1n) is 12.9. The third-order valence-corrected chi connectivity index (χ3v) is 6.52. The zero-order valence-electron chi connectivity index (χ0n) is 20.1. The lowest BCUT2D eigenvalue weighted by Crippen LogP contribution is -2.35. The second-order valence-corrected chi connectivity index (χ2v) is 9.34. The summed E-state index contributed by atoms with van der Waals surface area (Å²) in [4.78, 5) is 25.2. The molecule has 0 aliphatic heterocycles. The first kappa shape index (κ1) is 27.0. The second-order valence-electron chi connectivity index (χ2n) is 9.34. The normalized spacial score (nSPS) is 20.0. The van der Waals surface area contributed by atoms with Crippen molar-refractivity contribution in [3.63, 3.8) is 0 Å². The number of hydrogen-bond acceptors (Lipinski definition) is 4. The second kappa shape index (κ2) is 17.6. The molecule has 0 heterocycles. The Bertz CT molecular complexity index is 448. The Kier molecular flexibility index (Phi) is 15.8. The maximum absolute atomic E-state index is 12.6. The number of unbranched alkanes of at least 4 members (excludes halogenated alkanes) is 8. The van der Waals surface area contributed by atoms with E-state index in [0.717, 1.165) is 44.9 Å². The molecule has 1 aliphatic rings. The number of hydrogen-bond donors (Lipinski definition) is 0. The van der Waals surface area contributed by atoms with Crippen LogP contribution in [0.1, 0.15) is 124 Å². The van der Waals surface area contributed by atoms with Crippen LogP contribution >= 0.6 is 0 Å². The maximum Gasteiger partial charge on any atom is 0.309 e. The molecular weight excluding hydrogens is 376 g/mol. The van der Waals surface area contributed by atoms with Crippen molar-refractivity contribution < 1.29 is 19.1 Å². The predicted octanol–water partition coefficient (Wildman–Crippen LogP) is 7.24. The van der Waals surface area contributed by atoms with Gasteiger partial charge in [-0.3, -0.25) is 9.59 Å². The van der Waals surface area contributed by atoms with E-state index < -0.39 is 0 Å². The van der Waals surface area contributed by atoms with Crippen molar-refractivity contribution in [2.45, 2.75) is 124 Å². The third-order valence-electron chi connectivity index (χ3n) is 6.52. The first-order chi connectivity index (χ1) is 14.6. The number of rotatable bonds is 17. The van der Waals surface area contributed by atoms with E-state index in [-0.39, 0.29) is 23.8 Å². The fraction of sp³-hybridized carbons (Fsp3) is 0.923. The number of esters is 2. The fourth-order valence-corrected chi connectivity index (χ4v) is 4.39. The lowest BCUT2D eigenvalue weighted by Gasteiger charge is -2.28. The highest BCUT2D eigenvalue weighted by atomic mass is 16.5. The van der Waals surface area contributed by atoms with Crippen molar-refractivity contribution in [3.8, 4) is 0 Å². The zero-order valence-corrected chi connectivity index (χ0v) is 20.1. The number of ether oxygens (including phenoxy) is 2.